The Morgan fingerprint density at radius 1 is 1.04 bits per heavy atom. The second-order valence-corrected chi connectivity index (χ2v) is 6.12. The highest BCUT2D eigenvalue weighted by atomic mass is 16.6. The van der Waals surface area contributed by atoms with Crippen LogP contribution in [0, 0.1) is 0 Å². The zero-order valence-corrected chi connectivity index (χ0v) is 14.7. The quantitative estimate of drug-likeness (QED) is 0.799. The fourth-order valence-electron chi connectivity index (χ4n) is 3.06. The fraction of sp³-hybridized carbons (Fsp3) is 0.400. The third-order valence-electron chi connectivity index (χ3n) is 4.30. The second-order valence-electron chi connectivity index (χ2n) is 6.12. The summed E-state index contributed by atoms with van der Waals surface area (Å²) in [6.07, 6.45) is 1.00. The molecule has 0 atom stereocenters. The minimum absolute atomic E-state index is 0.555. The van der Waals surface area contributed by atoms with Crippen LogP contribution in [-0.4, -0.2) is 44.9 Å². The highest BCUT2D eigenvalue weighted by Gasteiger charge is 2.19. The highest BCUT2D eigenvalue weighted by molar-refractivity contribution is 5.54. The van der Waals surface area contributed by atoms with Crippen molar-refractivity contribution in [2.45, 2.75) is 13.0 Å². The van der Waals surface area contributed by atoms with Crippen molar-refractivity contribution in [2.24, 2.45) is 5.73 Å². The molecule has 2 aromatic rings. The molecule has 0 radical (unpaired) electrons. The smallest absolute Gasteiger partial charge is 0.203 e. The number of benzene rings is 2. The molecule has 3 rings (SSSR count). The Morgan fingerprint density at radius 2 is 1.84 bits per heavy atom. The zero-order chi connectivity index (χ0) is 17.5. The number of hydrogen-bond donors (Lipinski definition) is 1. The predicted octanol–water partition coefficient (Wildman–Crippen LogP) is 2.47. The molecular formula is C20H26N2O3. The van der Waals surface area contributed by atoms with Gasteiger partial charge in [0.2, 0.25) is 5.75 Å². The molecule has 0 spiro atoms. The average molecular weight is 342 g/mol. The molecule has 1 aliphatic heterocycles. The summed E-state index contributed by atoms with van der Waals surface area (Å²) >= 11 is 0. The van der Waals surface area contributed by atoms with Gasteiger partial charge in [0.15, 0.2) is 11.5 Å². The first-order valence-electron chi connectivity index (χ1n) is 8.73. The van der Waals surface area contributed by atoms with Gasteiger partial charge in [0, 0.05) is 26.2 Å². The Morgan fingerprint density at radius 3 is 2.60 bits per heavy atom. The normalized spacial score (nSPS) is 13.1. The molecule has 134 valence electrons. The molecule has 25 heavy (non-hydrogen) atoms. The van der Waals surface area contributed by atoms with E-state index in [2.05, 4.69) is 29.2 Å². The molecule has 2 aromatic carbocycles. The van der Waals surface area contributed by atoms with E-state index in [1.54, 1.807) is 7.11 Å². The van der Waals surface area contributed by atoms with Gasteiger partial charge in [0.25, 0.3) is 0 Å². The molecule has 0 amide bonds. The molecule has 0 unspecified atom stereocenters. The standard InChI is InChI=1S/C20H26N2O3/c1-23-18-13-17(14-19-20(18)25-12-11-24-19)15-22(10-8-21)9-7-16-5-3-2-4-6-16/h2-6,13-14H,7-12,15,21H2,1H3. The Labute approximate surface area is 149 Å². The summed E-state index contributed by atoms with van der Waals surface area (Å²) in [5.74, 6) is 2.19. The fourth-order valence-corrected chi connectivity index (χ4v) is 3.06. The lowest BCUT2D eigenvalue weighted by Crippen LogP contribution is -2.31. The van der Waals surface area contributed by atoms with Gasteiger partial charge in [-0.25, -0.2) is 0 Å². The van der Waals surface area contributed by atoms with Crippen molar-refractivity contribution >= 4 is 0 Å². The molecule has 5 heteroatoms. The van der Waals surface area contributed by atoms with E-state index in [1.807, 2.05) is 18.2 Å². The number of fused-ring (bicyclic) bond motifs is 1. The maximum Gasteiger partial charge on any atom is 0.203 e. The number of hydrogen-bond acceptors (Lipinski definition) is 5. The Balaban J connectivity index is 1.71. The number of methoxy groups -OCH3 is 1. The predicted molar refractivity (Wildman–Crippen MR) is 98.5 cm³/mol. The molecule has 5 nitrogen and oxygen atoms in total. The van der Waals surface area contributed by atoms with Crippen molar-refractivity contribution in [1.29, 1.82) is 0 Å². The third kappa shape index (κ3) is 4.65. The molecule has 0 bridgehead atoms. The molecule has 0 aliphatic carbocycles. The van der Waals surface area contributed by atoms with E-state index in [-0.39, 0.29) is 0 Å². The van der Waals surface area contributed by atoms with Gasteiger partial charge in [-0.2, -0.15) is 0 Å². The van der Waals surface area contributed by atoms with Crippen LogP contribution in [0.1, 0.15) is 11.1 Å². The number of nitrogens with zero attached hydrogens (tertiary/aromatic N) is 1. The van der Waals surface area contributed by atoms with Crippen LogP contribution in [0.2, 0.25) is 0 Å². The summed E-state index contributed by atoms with van der Waals surface area (Å²) in [4.78, 5) is 2.36. The van der Waals surface area contributed by atoms with Crippen LogP contribution in [0.25, 0.3) is 0 Å². The van der Waals surface area contributed by atoms with Crippen LogP contribution < -0.4 is 19.9 Å². The van der Waals surface area contributed by atoms with Crippen molar-refractivity contribution < 1.29 is 14.2 Å². The summed E-state index contributed by atoms with van der Waals surface area (Å²) in [5.41, 5.74) is 8.29. The van der Waals surface area contributed by atoms with Crippen LogP contribution in [-0.2, 0) is 13.0 Å². The largest absolute Gasteiger partial charge is 0.493 e. The maximum absolute atomic E-state index is 5.81. The molecule has 2 N–H and O–H groups in total. The number of nitrogens with two attached hydrogens (primary N) is 1. The monoisotopic (exact) mass is 342 g/mol. The van der Waals surface area contributed by atoms with E-state index in [4.69, 9.17) is 19.9 Å². The van der Waals surface area contributed by atoms with Gasteiger partial charge in [-0.3, -0.25) is 4.90 Å². The maximum atomic E-state index is 5.81. The lowest BCUT2D eigenvalue weighted by Gasteiger charge is -2.25. The summed E-state index contributed by atoms with van der Waals surface area (Å²) in [6, 6.07) is 14.6. The SMILES string of the molecule is COc1cc(CN(CCN)CCc2ccccc2)cc2c1OCCO2. The van der Waals surface area contributed by atoms with Crippen molar-refractivity contribution in [3.8, 4) is 17.2 Å². The highest BCUT2D eigenvalue weighted by Crippen LogP contribution is 2.40. The molecule has 0 saturated heterocycles. The van der Waals surface area contributed by atoms with Crippen LogP contribution >= 0.6 is 0 Å². The van der Waals surface area contributed by atoms with E-state index in [0.29, 0.717) is 25.5 Å². The van der Waals surface area contributed by atoms with Crippen LogP contribution in [0.3, 0.4) is 0 Å². The van der Waals surface area contributed by atoms with Gasteiger partial charge >= 0.3 is 0 Å². The van der Waals surface area contributed by atoms with Crippen LogP contribution in [0.5, 0.6) is 17.2 Å². The topological polar surface area (TPSA) is 57.0 Å². The van der Waals surface area contributed by atoms with Gasteiger partial charge < -0.3 is 19.9 Å². The Kier molecular flexibility index (Phi) is 6.14. The van der Waals surface area contributed by atoms with E-state index < -0.39 is 0 Å². The van der Waals surface area contributed by atoms with Gasteiger partial charge in [-0.05, 0) is 29.7 Å². The number of rotatable bonds is 8. The third-order valence-corrected chi connectivity index (χ3v) is 4.30. The lowest BCUT2D eigenvalue weighted by molar-refractivity contribution is 0.164. The van der Waals surface area contributed by atoms with Gasteiger partial charge in [0.1, 0.15) is 13.2 Å². The summed E-state index contributed by atoms with van der Waals surface area (Å²) in [7, 11) is 1.66. The first-order valence-corrected chi connectivity index (χ1v) is 8.73. The van der Waals surface area contributed by atoms with Gasteiger partial charge in [0.05, 0.1) is 7.11 Å². The van der Waals surface area contributed by atoms with Crippen molar-refractivity contribution in [3.63, 3.8) is 0 Å². The zero-order valence-electron chi connectivity index (χ0n) is 14.7. The molecular weight excluding hydrogens is 316 g/mol. The molecule has 1 heterocycles. The summed E-state index contributed by atoms with van der Waals surface area (Å²) in [6.45, 7) is 4.37. The summed E-state index contributed by atoms with van der Waals surface area (Å²) < 4.78 is 16.9. The molecule has 0 aromatic heterocycles. The molecule has 0 fully saturated rings. The van der Waals surface area contributed by atoms with Gasteiger partial charge in [-0.15, -0.1) is 0 Å². The van der Waals surface area contributed by atoms with E-state index in [9.17, 15) is 0 Å². The van der Waals surface area contributed by atoms with Crippen molar-refractivity contribution in [2.75, 3.05) is 40.0 Å². The minimum Gasteiger partial charge on any atom is -0.493 e. The average Bonchev–Trinajstić information content (AvgIpc) is 2.66. The van der Waals surface area contributed by atoms with E-state index >= 15 is 0 Å². The van der Waals surface area contributed by atoms with E-state index in [0.717, 1.165) is 43.1 Å². The molecule has 1 aliphatic rings. The number of ether oxygens (including phenoxy) is 3. The Bertz CT molecular complexity index is 659. The second kappa shape index (κ2) is 8.74. The Hall–Kier alpha value is -2.24. The first kappa shape index (κ1) is 17.6. The summed E-state index contributed by atoms with van der Waals surface area (Å²) in [5, 5.41) is 0. The van der Waals surface area contributed by atoms with Crippen LogP contribution in [0.15, 0.2) is 42.5 Å². The minimum atomic E-state index is 0.555. The molecule has 0 saturated carbocycles. The van der Waals surface area contributed by atoms with Crippen molar-refractivity contribution in [3.05, 3.63) is 53.6 Å². The van der Waals surface area contributed by atoms with Gasteiger partial charge in [-0.1, -0.05) is 30.3 Å². The first-order chi connectivity index (χ1) is 12.3. The van der Waals surface area contributed by atoms with Crippen molar-refractivity contribution in [1.82, 2.24) is 4.90 Å². The lowest BCUT2D eigenvalue weighted by atomic mass is 10.1. The van der Waals surface area contributed by atoms with E-state index in [1.165, 1.54) is 5.56 Å². The van der Waals surface area contributed by atoms with Crippen LogP contribution in [0.4, 0.5) is 0 Å².